The van der Waals surface area contributed by atoms with E-state index in [2.05, 4.69) is 51.1 Å². The van der Waals surface area contributed by atoms with E-state index < -0.39 is 14.8 Å². The third-order valence-electron chi connectivity index (χ3n) is 3.16. The Morgan fingerprint density at radius 1 is 0.522 bits per heavy atom. The zero-order valence-electron chi connectivity index (χ0n) is 15.9. The summed E-state index contributed by atoms with van der Waals surface area (Å²) in [7, 11) is 0. The van der Waals surface area contributed by atoms with Crippen LogP contribution >= 0.6 is 0 Å². The van der Waals surface area contributed by atoms with Gasteiger partial charge in [0.05, 0.1) is 0 Å². The van der Waals surface area contributed by atoms with Crippen LogP contribution in [0.5, 0.6) is 0 Å². The van der Waals surface area contributed by atoms with Crippen LogP contribution in [0.15, 0.2) is 75.9 Å². The quantitative estimate of drug-likeness (QED) is 0.310. The van der Waals surface area contributed by atoms with Crippen molar-refractivity contribution in [3.63, 3.8) is 0 Å². The molecule has 0 fully saturated rings. The Hall–Kier alpha value is -0.148. The molecule has 0 atom stereocenters. The summed E-state index contributed by atoms with van der Waals surface area (Å²) in [5, 5.41) is 0. The van der Waals surface area contributed by atoms with Gasteiger partial charge in [-0.15, -0.1) is 39.5 Å². The minimum atomic E-state index is -1.61. The van der Waals surface area contributed by atoms with Gasteiger partial charge in [-0.3, -0.25) is 0 Å². The van der Waals surface area contributed by atoms with Gasteiger partial charge >= 0.3 is 44.4 Å². The fourth-order valence-electron chi connectivity index (χ4n) is 2.48. The van der Waals surface area contributed by atoms with Crippen LogP contribution < -0.4 is 29.6 Å². The van der Waals surface area contributed by atoms with Gasteiger partial charge in [0.1, 0.15) is 0 Å². The van der Waals surface area contributed by atoms with Gasteiger partial charge in [-0.1, -0.05) is 36.5 Å². The van der Waals surface area contributed by atoms with Crippen LogP contribution in [0, 0.1) is 0 Å². The van der Waals surface area contributed by atoms with Gasteiger partial charge in [-0.25, -0.2) is 0 Å². The number of rotatable bonds is 15. The fraction of sp³-hybridized carbons (Fsp3) is 0.333. The van der Waals surface area contributed by atoms with E-state index in [1.165, 1.54) is 0 Å². The van der Waals surface area contributed by atoms with E-state index in [0.717, 1.165) is 39.3 Å². The SMILES string of the molecule is C=CC[N](CC=C)[Al]([N](CC=C)CC=C)[N](CC=C)CC=C.[H-].[Na+]. The van der Waals surface area contributed by atoms with Crippen LogP contribution in [0.25, 0.3) is 0 Å². The van der Waals surface area contributed by atoms with E-state index in [1.54, 1.807) is 0 Å². The molecule has 0 saturated carbocycles. The summed E-state index contributed by atoms with van der Waals surface area (Å²) < 4.78 is 7.33. The van der Waals surface area contributed by atoms with Crippen molar-refractivity contribution in [3.05, 3.63) is 75.9 Å². The standard InChI is InChI=1S/3C6H10N.Al.Na.H/c3*1-3-5-7-6-4-2;;;/h3*3-4H,1-2,5-6H2;;;/q3*-1;+3;+1;-1. The van der Waals surface area contributed by atoms with Gasteiger partial charge in [0.25, 0.3) is 0 Å². The van der Waals surface area contributed by atoms with Crippen molar-refractivity contribution in [2.24, 2.45) is 0 Å². The predicted molar refractivity (Wildman–Crippen MR) is 103 cm³/mol. The molecule has 122 valence electrons. The van der Waals surface area contributed by atoms with Crippen LogP contribution in [0.2, 0.25) is 0 Å². The van der Waals surface area contributed by atoms with Gasteiger partial charge in [-0.05, 0) is 39.3 Å². The fourth-order valence-corrected chi connectivity index (χ4v) is 5.89. The Bertz CT molecular complexity index is 303. The second kappa shape index (κ2) is 16.7. The summed E-state index contributed by atoms with van der Waals surface area (Å²) in [4.78, 5) is 0. The summed E-state index contributed by atoms with van der Waals surface area (Å²) >= 11 is -1.61. The minimum absolute atomic E-state index is 0. The number of nitrogens with zero attached hydrogens (tertiary/aromatic N) is 3. The Morgan fingerprint density at radius 2 is 0.696 bits per heavy atom. The molecule has 5 heteroatoms. The van der Waals surface area contributed by atoms with Crippen molar-refractivity contribution in [2.75, 3.05) is 39.3 Å². The van der Waals surface area contributed by atoms with Crippen molar-refractivity contribution in [1.29, 1.82) is 0 Å². The van der Waals surface area contributed by atoms with E-state index in [0.29, 0.717) is 0 Å². The topological polar surface area (TPSA) is 9.72 Å². The first-order valence-corrected chi connectivity index (χ1v) is 9.12. The normalized spacial score (nSPS) is 10.0. The van der Waals surface area contributed by atoms with E-state index in [1.807, 2.05) is 36.5 Å². The number of hydrogen-bond donors (Lipinski definition) is 0. The van der Waals surface area contributed by atoms with Gasteiger partial charge in [0.2, 0.25) is 0 Å². The second-order valence-corrected chi connectivity index (χ2v) is 7.82. The molecule has 0 aromatic heterocycles. The average Bonchev–Trinajstić information content (AvgIpc) is 2.49. The number of hydrogen-bond acceptors (Lipinski definition) is 3. The Balaban J connectivity index is -0.00000220. The molecule has 3 nitrogen and oxygen atoms in total. The average molecular weight is 339 g/mol. The molecule has 23 heavy (non-hydrogen) atoms. The molecule has 0 aromatic carbocycles. The van der Waals surface area contributed by atoms with Crippen LogP contribution in [0.4, 0.5) is 0 Å². The Morgan fingerprint density at radius 3 is 0.826 bits per heavy atom. The third kappa shape index (κ3) is 9.66. The van der Waals surface area contributed by atoms with Crippen LogP contribution in [0.1, 0.15) is 1.43 Å². The van der Waals surface area contributed by atoms with Gasteiger partial charge < -0.3 is 13.1 Å². The van der Waals surface area contributed by atoms with Crippen LogP contribution in [0.3, 0.4) is 0 Å². The third-order valence-corrected chi connectivity index (χ3v) is 6.39. The Kier molecular flexibility index (Phi) is 18.2. The molecular formula is C18H31AlN3Na. The van der Waals surface area contributed by atoms with Crippen LogP contribution in [-0.4, -0.2) is 65.7 Å². The summed E-state index contributed by atoms with van der Waals surface area (Å²) in [6, 6.07) is 0. The monoisotopic (exact) mass is 339 g/mol. The summed E-state index contributed by atoms with van der Waals surface area (Å²) in [6.07, 6.45) is 11.7. The molecule has 0 rings (SSSR count). The van der Waals surface area contributed by atoms with Crippen molar-refractivity contribution >= 4 is 14.8 Å². The van der Waals surface area contributed by atoms with Gasteiger partial charge in [-0.2, -0.15) is 0 Å². The van der Waals surface area contributed by atoms with E-state index in [-0.39, 0.29) is 31.0 Å². The zero-order chi connectivity index (χ0) is 16.8. The Labute approximate surface area is 171 Å². The van der Waals surface area contributed by atoms with E-state index in [9.17, 15) is 0 Å². The van der Waals surface area contributed by atoms with Crippen LogP contribution in [-0.2, 0) is 0 Å². The molecule has 0 radical (unpaired) electrons. The first-order chi connectivity index (χ1) is 10.7. The van der Waals surface area contributed by atoms with Crippen molar-refractivity contribution < 1.29 is 31.0 Å². The molecule has 0 spiro atoms. The van der Waals surface area contributed by atoms with Crippen molar-refractivity contribution in [1.82, 2.24) is 11.7 Å². The summed E-state index contributed by atoms with van der Waals surface area (Å²) in [6.45, 7) is 28.4. The maximum atomic E-state index is 3.90. The maximum Gasteiger partial charge on any atom is 1.00 e. The molecule has 0 aliphatic rings. The molecular weight excluding hydrogens is 308 g/mol. The summed E-state index contributed by atoms with van der Waals surface area (Å²) in [5.74, 6) is 0. The minimum Gasteiger partial charge on any atom is -1.00 e. The first-order valence-electron chi connectivity index (χ1n) is 7.57. The second-order valence-electron chi connectivity index (χ2n) is 4.94. The molecule has 0 unspecified atom stereocenters. The van der Waals surface area contributed by atoms with Crippen molar-refractivity contribution in [2.45, 2.75) is 0 Å². The van der Waals surface area contributed by atoms with E-state index in [4.69, 9.17) is 0 Å². The molecule has 0 aliphatic heterocycles. The van der Waals surface area contributed by atoms with Gasteiger partial charge in [0.15, 0.2) is 0 Å². The van der Waals surface area contributed by atoms with Crippen molar-refractivity contribution in [3.8, 4) is 0 Å². The molecule has 0 saturated heterocycles. The molecule has 0 N–H and O–H groups in total. The molecule has 0 heterocycles. The molecule has 0 aromatic rings. The molecule has 0 bridgehead atoms. The summed E-state index contributed by atoms with van der Waals surface area (Å²) in [5.41, 5.74) is 0. The first kappa shape index (κ1) is 25.1. The largest absolute Gasteiger partial charge is 1.00 e. The van der Waals surface area contributed by atoms with E-state index >= 15 is 0 Å². The smallest absolute Gasteiger partial charge is 1.00 e. The van der Waals surface area contributed by atoms with Gasteiger partial charge in [0, 0.05) is 0 Å². The molecule has 0 aliphatic carbocycles. The molecule has 0 amide bonds. The maximum absolute atomic E-state index is 3.90. The predicted octanol–water partition coefficient (Wildman–Crippen LogP) is 0.110. The zero-order valence-corrected chi connectivity index (χ0v) is 18.0.